The molecule has 2 unspecified atom stereocenters. The summed E-state index contributed by atoms with van der Waals surface area (Å²) in [6.45, 7) is 2.72. The Morgan fingerprint density at radius 1 is 1.23 bits per heavy atom. The molecule has 2 rings (SSSR count). The van der Waals surface area contributed by atoms with E-state index in [1.807, 2.05) is 30.0 Å². The van der Waals surface area contributed by atoms with Gasteiger partial charge in [0.2, 0.25) is 5.91 Å². The maximum Gasteiger partial charge on any atom is 0.223 e. The highest BCUT2D eigenvalue weighted by molar-refractivity contribution is 5.97. The van der Waals surface area contributed by atoms with Crippen molar-refractivity contribution in [3.05, 3.63) is 35.9 Å². The van der Waals surface area contributed by atoms with E-state index in [1.165, 1.54) is 0 Å². The molecule has 1 aliphatic rings. The zero-order chi connectivity index (χ0) is 15.2. The molecule has 0 bridgehead atoms. The molecule has 1 aromatic rings. The zero-order valence-electron chi connectivity index (χ0n) is 13.0. The Morgan fingerprint density at radius 3 is 2.55 bits per heavy atom. The normalized spacial score (nSPS) is 19.2. The van der Waals surface area contributed by atoms with Crippen LogP contribution in [-0.4, -0.2) is 35.2 Å². The van der Waals surface area contributed by atoms with E-state index >= 15 is 0 Å². The molecule has 2 atom stereocenters. The number of amides is 1. The number of rotatable bonds is 5. The minimum Gasteiger partial charge on any atom is -0.338 e. The molecule has 0 spiro atoms. The maximum atomic E-state index is 12.4. The lowest BCUT2D eigenvalue weighted by atomic mass is 9.96. The molecule has 122 valence electrons. The van der Waals surface area contributed by atoms with Gasteiger partial charge in [0.05, 0.1) is 0 Å². The van der Waals surface area contributed by atoms with Crippen molar-refractivity contribution in [2.75, 3.05) is 6.54 Å². The minimum absolute atomic E-state index is 0. The molecule has 1 amide bonds. The topological polar surface area (TPSA) is 63.4 Å². The highest BCUT2D eigenvalue weighted by Gasteiger charge is 2.29. The van der Waals surface area contributed by atoms with Gasteiger partial charge < -0.3 is 10.6 Å². The van der Waals surface area contributed by atoms with Gasteiger partial charge in [0.25, 0.3) is 0 Å². The van der Waals surface area contributed by atoms with Gasteiger partial charge >= 0.3 is 0 Å². The first-order valence-corrected chi connectivity index (χ1v) is 7.73. The average Bonchev–Trinajstić information content (AvgIpc) is 2.53. The van der Waals surface area contributed by atoms with Gasteiger partial charge in [0.1, 0.15) is 0 Å². The van der Waals surface area contributed by atoms with Crippen molar-refractivity contribution in [3.8, 4) is 0 Å². The Hall–Kier alpha value is -1.39. The number of carbonyl (C=O) groups is 2. The highest BCUT2D eigenvalue weighted by Crippen LogP contribution is 2.20. The van der Waals surface area contributed by atoms with Crippen LogP contribution in [0.5, 0.6) is 0 Å². The molecule has 5 heteroatoms. The van der Waals surface area contributed by atoms with Crippen molar-refractivity contribution < 1.29 is 9.59 Å². The smallest absolute Gasteiger partial charge is 0.223 e. The zero-order valence-corrected chi connectivity index (χ0v) is 13.8. The van der Waals surface area contributed by atoms with Crippen LogP contribution in [0.1, 0.15) is 49.4 Å². The number of hydrogen-bond donors (Lipinski definition) is 1. The number of nitrogens with two attached hydrogens (primary N) is 1. The van der Waals surface area contributed by atoms with Crippen molar-refractivity contribution in [1.29, 1.82) is 0 Å². The van der Waals surface area contributed by atoms with Crippen molar-refractivity contribution >= 4 is 24.1 Å². The second kappa shape index (κ2) is 8.91. The highest BCUT2D eigenvalue weighted by atomic mass is 35.5. The summed E-state index contributed by atoms with van der Waals surface area (Å²) in [6, 6.07) is 9.24. The third-order valence-corrected chi connectivity index (χ3v) is 4.14. The Morgan fingerprint density at radius 2 is 1.91 bits per heavy atom. The number of likely N-dealkylation sites (tertiary alicyclic amines) is 1. The summed E-state index contributed by atoms with van der Waals surface area (Å²) < 4.78 is 0. The quantitative estimate of drug-likeness (QED) is 0.847. The van der Waals surface area contributed by atoms with Gasteiger partial charge in [-0.05, 0) is 26.2 Å². The first-order chi connectivity index (χ1) is 10.1. The first-order valence-electron chi connectivity index (χ1n) is 7.73. The lowest BCUT2D eigenvalue weighted by Crippen LogP contribution is -2.51. The van der Waals surface area contributed by atoms with E-state index in [2.05, 4.69) is 0 Å². The number of piperidine rings is 1. The lowest BCUT2D eigenvalue weighted by molar-refractivity contribution is -0.135. The van der Waals surface area contributed by atoms with Crippen molar-refractivity contribution in [3.63, 3.8) is 0 Å². The predicted molar refractivity (Wildman–Crippen MR) is 90.3 cm³/mol. The van der Waals surface area contributed by atoms with Gasteiger partial charge in [0, 0.05) is 37.0 Å². The number of halogens is 1. The number of nitrogens with zero attached hydrogens (tertiary/aromatic N) is 1. The Labute approximate surface area is 138 Å². The van der Waals surface area contributed by atoms with E-state index in [4.69, 9.17) is 5.73 Å². The molecule has 0 aliphatic carbocycles. The monoisotopic (exact) mass is 324 g/mol. The lowest BCUT2D eigenvalue weighted by Gasteiger charge is -2.38. The summed E-state index contributed by atoms with van der Waals surface area (Å²) in [5.74, 6) is 0.0830. The summed E-state index contributed by atoms with van der Waals surface area (Å²) in [5.41, 5.74) is 6.66. The third-order valence-electron chi connectivity index (χ3n) is 4.14. The van der Waals surface area contributed by atoms with Crippen LogP contribution in [0.3, 0.4) is 0 Å². The first kappa shape index (κ1) is 18.7. The van der Waals surface area contributed by atoms with E-state index in [-0.39, 0.29) is 49.0 Å². The molecule has 0 aromatic heterocycles. The fourth-order valence-electron chi connectivity index (χ4n) is 2.95. The molecule has 4 nitrogen and oxygen atoms in total. The fourth-order valence-corrected chi connectivity index (χ4v) is 2.95. The van der Waals surface area contributed by atoms with Gasteiger partial charge in [-0.2, -0.15) is 0 Å². The van der Waals surface area contributed by atoms with E-state index in [9.17, 15) is 9.59 Å². The molecule has 2 N–H and O–H groups in total. The molecule has 22 heavy (non-hydrogen) atoms. The second-order valence-corrected chi connectivity index (χ2v) is 5.80. The van der Waals surface area contributed by atoms with Crippen LogP contribution in [0.2, 0.25) is 0 Å². The molecule has 0 radical (unpaired) electrons. The summed E-state index contributed by atoms with van der Waals surface area (Å²) >= 11 is 0. The van der Waals surface area contributed by atoms with Gasteiger partial charge in [-0.3, -0.25) is 9.59 Å². The van der Waals surface area contributed by atoms with Crippen LogP contribution in [-0.2, 0) is 4.79 Å². The summed E-state index contributed by atoms with van der Waals surface area (Å²) in [6.07, 6.45) is 3.67. The summed E-state index contributed by atoms with van der Waals surface area (Å²) in [7, 11) is 0. The van der Waals surface area contributed by atoms with Crippen LogP contribution < -0.4 is 5.73 Å². The van der Waals surface area contributed by atoms with Crippen LogP contribution in [0, 0.1) is 0 Å². The maximum absolute atomic E-state index is 12.4. The molecule has 1 aliphatic heterocycles. The largest absolute Gasteiger partial charge is 0.338 e. The Balaban J connectivity index is 0.00000242. The van der Waals surface area contributed by atoms with E-state index < -0.39 is 0 Å². The van der Waals surface area contributed by atoms with Gasteiger partial charge in [-0.25, -0.2) is 0 Å². The summed E-state index contributed by atoms with van der Waals surface area (Å²) in [4.78, 5) is 26.3. The van der Waals surface area contributed by atoms with Crippen molar-refractivity contribution in [2.45, 2.75) is 51.1 Å². The fraction of sp³-hybridized carbons (Fsp3) is 0.529. The standard InChI is InChI=1S/C17H24N2O2.ClH/c1-13(18)15-9-5-6-12-19(15)17(21)11-10-16(20)14-7-3-2-4-8-14;/h2-4,7-8,13,15H,5-6,9-12,18H2,1H3;1H. The predicted octanol–water partition coefficient (Wildman–Crippen LogP) is 2.80. The third kappa shape index (κ3) is 4.82. The van der Waals surface area contributed by atoms with Crippen LogP contribution in [0.25, 0.3) is 0 Å². The second-order valence-electron chi connectivity index (χ2n) is 5.80. The number of carbonyl (C=O) groups excluding carboxylic acids is 2. The molecule has 0 saturated carbocycles. The molecule has 1 saturated heterocycles. The molecule has 1 aromatic carbocycles. The number of benzene rings is 1. The van der Waals surface area contributed by atoms with E-state index in [0.29, 0.717) is 5.56 Å². The van der Waals surface area contributed by atoms with Crippen LogP contribution >= 0.6 is 12.4 Å². The van der Waals surface area contributed by atoms with E-state index in [0.717, 1.165) is 25.8 Å². The minimum atomic E-state index is -0.0147. The average molecular weight is 325 g/mol. The van der Waals surface area contributed by atoms with Crippen LogP contribution in [0.4, 0.5) is 0 Å². The Kier molecular flexibility index (Phi) is 7.56. The van der Waals surface area contributed by atoms with Crippen molar-refractivity contribution in [1.82, 2.24) is 4.90 Å². The number of Topliss-reactive ketones (excluding diaryl/α,β-unsaturated/α-hetero) is 1. The summed E-state index contributed by atoms with van der Waals surface area (Å²) in [5, 5.41) is 0. The number of ketones is 1. The van der Waals surface area contributed by atoms with Gasteiger partial charge in [-0.1, -0.05) is 30.3 Å². The van der Waals surface area contributed by atoms with Crippen LogP contribution in [0.15, 0.2) is 30.3 Å². The van der Waals surface area contributed by atoms with Crippen molar-refractivity contribution in [2.24, 2.45) is 5.73 Å². The van der Waals surface area contributed by atoms with Gasteiger partial charge in [0.15, 0.2) is 5.78 Å². The molecular formula is C17H25ClN2O2. The molecule has 1 heterocycles. The Bertz CT molecular complexity index is 491. The SMILES string of the molecule is CC(N)C1CCCCN1C(=O)CCC(=O)c1ccccc1.Cl. The van der Waals surface area contributed by atoms with Gasteiger partial charge in [-0.15, -0.1) is 12.4 Å². The molecular weight excluding hydrogens is 300 g/mol. The van der Waals surface area contributed by atoms with E-state index in [1.54, 1.807) is 12.1 Å². The molecule has 1 fully saturated rings. The number of hydrogen-bond acceptors (Lipinski definition) is 3.